The smallest absolute Gasteiger partial charge is 0.191 e. The Labute approximate surface area is 176 Å². The average molecular weight is 485 g/mol. The third-order valence-electron chi connectivity index (χ3n) is 4.04. The van der Waals surface area contributed by atoms with Gasteiger partial charge in [-0.3, -0.25) is 0 Å². The second kappa shape index (κ2) is 10.5. The van der Waals surface area contributed by atoms with E-state index in [4.69, 9.17) is 9.47 Å². The molecule has 0 spiro atoms. The summed E-state index contributed by atoms with van der Waals surface area (Å²) in [5.74, 6) is 1.08. The topological polar surface area (TPSA) is 54.9 Å². The number of fused-ring (bicyclic) bond motifs is 1. The second-order valence-electron chi connectivity index (χ2n) is 6.20. The van der Waals surface area contributed by atoms with Crippen LogP contribution < -0.4 is 15.4 Å². The molecule has 0 bridgehead atoms. The van der Waals surface area contributed by atoms with Gasteiger partial charge in [-0.15, -0.1) is 24.0 Å². The standard InChI is InChI=1S/C20H24FN3O2.HI/c1-3-22-20(23-10-15-6-4-5-14(2)7-15)24-11-16-8-18(21)9-17-12-25-13-26-19(16)17;/h4-9H,3,10-13H2,1-2H3,(H2,22,23,24);1H. The third-order valence-corrected chi connectivity index (χ3v) is 4.04. The number of rotatable bonds is 5. The Hall–Kier alpha value is -1.87. The highest BCUT2D eigenvalue weighted by molar-refractivity contribution is 14.0. The third kappa shape index (κ3) is 6.07. The van der Waals surface area contributed by atoms with E-state index in [2.05, 4.69) is 40.7 Å². The van der Waals surface area contributed by atoms with Gasteiger partial charge in [0.15, 0.2) is 12.8 Å². The zero-order valence-corrected chi connectivity index (χ0v) is 17.9. The van der Waals surface area contributed by atoms with Crippen LogP contribution in [0, 0.1) is 12.7 Å². The highest BCUT2D eigenvalue weighted by Gasteiger charge is 2.17. The Balaban J connectivity index is 0.00000261. The number of benzene rings is 2. The average Bonchev–Trinajstić information content (AvgIpc) is 2.63. The van der Waals surface area contributed by atoms with Crippen LogP contribution in [0.5, 0.6) is 5.75 Å². The minimum atomic E-state index is -0.295. The van der Waals surface area contributed by atoms with Crippen LogP contribution in [0.2, 0.25) is 0 Å². The van der Waals surface area contributed by atoms with Crippen LogP contribution >= 0.6 is 24.0 Å². The molecular weight excluding hydrogens is 460 g/mol. The maximum atomic E-state index is 13.9. The summed E-state index contributed by atoms with van der Waals surface area (Å²) in [4.78, 5) is 4.61. The van der Waals surface area contributed by atoms with E-state index < -0.39 is 0 Å². The number of nitrogens with one attached hydrogen (secondary N) is 2. The molecule has 0 aromatic heterocycles. The first-order chi connectivity index (χ1) is 12.7. The van der Waals surface area contributed by atoms with Crippen molar-refractivity contribution in [1.82, 2.24) is 10.6 Å². The number of aryl methyl sites for hydroxylation is 1. The second-order valence-corrected chi connectivity index (χ2v) is 6.20. The molecule has 0 saturated heterocycles. The summed E-state index contributed by atoms with van der Waals surface area (Å²) in [5.41, 5.74) is 3.84. The van der Waals surface area contributed by atoms with E-state index in [-0.39, 0.29) is 36.6 Å². The van der Waals surface area contributed by atoms with Gasteiger partial charge in [0, 0.05) is 24.2 Å². The molecule has 0 amide bonds. The van der Waals surface area contributed by atoms with Crippen molar-refractivity contribution >= 4 is 29.9 Å². The Morgan fingerprint density at radius 1 is 1.22 bits per heavy atom. The summed E-state index contributed by atoms with van der Waals surface area (Å²) < 4.78 is 24.6. The molecule has 1 heterocycles. The molecule has 0 aliphatic carbocycles. The van der Waals surface area contributed by atoms with Gasteiger partial charge in [-0.1, -0.05) is 29.8 Å². The van der Waals surface area contributed by atoms with Crippen molar-refractivity contribution in [2.24, 2.45) is 4.99 Å². The van der Waals surface area contributed by atoms with E-state index in [1.165, 1.54) is 17.7 Å². The van der Waals surface area contributed by atoms with Gasteiger partial charge in [0.2, 0.25) is 0 Å². The number of hydrogen-bond donors (Lipinski definition) is 2. The zero-order valence-electron chi connectivity index (χ0n) is 15.5. The first-order valence-corrected chi connectivity index (χ1v) is 8.75. The van der Waals surface area contributed by atoms with Crippen LogP contribution in [0.4, 0.5) is 4.39 Å². The molecular formula is C20H25FIN3O2. The molecule has 5 nitrogen and oxygen atoms in total. The number of halogens is 2. The lowest BCUT2D eigenvalue weighted by Crippen LogP contribution is -2.37. The Morgan fingerprint density at radius 2 is 2.07 bits per heavy atom. The van der Waals surface area contributed by atoms with Crippen molar-refractivity contribution in [3.8, 4) is 5.75 Å². The van der Waals surface area contributed by atoms with Gasteiger partial charge in [-0.25, -0.2) is 9.38 Å². The molecule has 0 saturated carbocycles. The normalized spacial score (nSPS) is 13.2. The summed E-state index contributed by atoms with van der Waals surface area (Å²) in [5, 5.41) is 6.46. The van der Waals surface area contributed by atoms with Crippen LogP contribution in [0.15, 0.2) is 41.4 Å². The molecule has 1 aliphatic rings. The van der Waals surface area contributed by atoms with Crippen molar-refractivity contribution in [3.05, 3.63) is 64.5 Å². The van der Waals surface area contributed by atoms with E-state index in [1.807, 2.05) is 13.0 Å². The van der Waals surface area contributed by atoms with Gasteiger partial charge < -0.3 is 20.1 Å². The van der Waals surface area contributed by atoms with E-state index >= 15 is 0 Å². The molecule has 0 unspecified atom stereocenters. The van der Waals surface area contributed by atoms with Crippen LogP contribution in [0.3, 0.4) is 0 Å². The summed E-state index contributed by atoms with van der Waals surface area (Å²) in [6.45, 7) is 6.35. The van der Waals surface area contributed by atoms with Gasteiger partial charge in [0.1, 0.15) is 11.6 Å². The highest BCUT2D eigenvalue weighted by atomic mass is 127. The van der Waals surface area contributed by atoms with Gasteiger partial charge in [0.05, 0.1) is 13.2 Å². The number of nitrogens with zero attached hydrogens (tertiary/aromatic N) is 1. The Bertz CT molecular complexity index is 799. The molecule has 3 rings (SSSR count). The van der Waals surface area contributed by atoms with Crippen molar-refractivity contribution in [2.45, 2.75) is 33.5 Å². The molecule has 0 fully saturated rings. The maximum Gasteiger partial charge on any atom is 0.191 e. The monoisotopic (exact) mass is 485 g/mol. The minimum absolute atomic E-state index is 0. The molecule has 7 heteroatoms. The summed E-state index contributed by atoms with van der Waals surface area (Å²) >= 11 is 0. The highest BCUT2D eigenvalue weighted by Crippen LogP contribution is 2.29. The lowest BCUT2D eigenvalue weighted by atomic mass is 10.1. The molecule has 0 radical (unpaired) electrons. The van der Waals surface area contributed by atoms with Crippen LogP contribution in [0.1, 0.15) is 29.2 Å². The molecule has 0 atom stereocenters. The number of guanidine groups is 1. The number of aliphatic imine (C=N–C) groups is 1. The van der Waals surface area contributed by atoms with Gasteiger partial charge in [-0.05, 0) is 31.5 Å². The molecule has 2 N–H and O–H groups in total. The molecule has 146 valence electrons. The summed E-state index contributed by atoms with van der Waals surface area (Å²) in [6, 6.07) is 11.2. The van der Waals surface area contributed by atoms with Crippen LogP contribution in [-0.2, 0) is 24.4 Å². The molecule has 2 aromatic carbocycles. The summed E-state index contributed by atoms with van der Waals surface area (Å²) in [7, 11) is 0. The lowest BCUT2D eigenvalue weighted by Gasteiger charge is -2.21. The fraction of sp³-hybridized carbons (Fsp3) is 0.350. The van der Waals surface area contributed by atoms with Crippen molar-refractivity contribution < 1.29 is 13.9 Å². The fourth-order valence-corrected chi connectivity index (χ4v) is 2.89. The SMILES string of the molecule is CCNC(=NCc1cccc(C)c1)NCc1cc(F)cc2c1OCOC2.I. The summed E-state index contributed by atoms with van der Waals surface area (Å²) in [6.07, 6.45) is 0. The van der Waals surface area contributed by atoms with Crippen LogP contribution in [0.25, 0.3) is 0 Å². The molecule has 1 aliphatic heterocycles. The van der Waals surface area contributed by atoms with Crippen molar-refractivity contribution in [3.63, 3.8) is 0 Å². The number of hydrogen-bond acceptors (Lipinski definition) is 3. The lowest BCUT2D eigenvalue weighted by molar-refractivity contribution is -0.0172. The molecule has 2 aromatic rings. The van der Waals surface area contributed by atoms with E-state index in [1.54, 1.807) is 0 Å². The van der Waals surface area contributed by atoms with E-state index in [0.717, 1.165) is 23.2 Å². The Kier molecular flexibility index (Phi) is 8.30. The maximum absolute atomic E-state index is 13.9. The first-order valence-electron chi connectivity index (χ1n) is 8.75. The zero-order chi connectivity index (χ0) is 18.4. The van der Waals surface area contributed by atoms with Gasteiger partial charge in [-0.2, -0.15) is 0 Å². The van der Waals surface area contributed by atoms with Gasteiger partial charge >= 0.3 is 0 Å². The predicted molar refractivity (Wildman–Crippen MR) is 115 cm³/mol. The Morgan fingerprint density at radius 3 is 2.85 bits per heavy atom. The van der Waals surface area contributed by atoms with E-state index in [9.17, 15) is 4.39 Å². The van der Waals surface area contributed by atoms with E-state index in [0.29, 0.717) is 31.4 Å². The molecule has 27 heavy (non-hydrogen) atoms. The van der Waals surface area contributed by atoms with Crippen molar-refractivity contribution in [2.75, 3.05) is 13.3 Å². The van der Waals surface area contributed by atoms with Crippen molar-refractivity contribution in [1.29, 1.82) is 0 Å². The quantitative estimate of drug-likeness (QED) is 0.384. The number of ether oxygens (including phenoxy) is 2. The largest absolute Gasteiger partial charge is 0.467 e. The van der Waals surface area contributed by atoms with Gasteiger partial charge in [0.25, 0.3) is 0 Å². The van der Waals surface area contributed by atoms with Crippen LogP contribution in [-0.4, -0.2) is 19.3 Å². The first kappa shape index (κ1) is 21.4. The fourth-order valence-electron chi connectivity index (χ4n) is 2.89. The predicted octanol–water partition coefficient (Wildman–Crippen LogP) is 3.87. The minimum Gasteiger partial charge on any atom is -0.467 e.